The minimum absolute atomic E-state index is 1.24. The maximum Gasteiger partial charge on any atom is 0.0199 e. The lowest BCUT2D eigenvalue weighted by Crippen LogP contribution is -1.88. The van der Waals surface area contributed by atoms with E-state index in [2.05, 4.69) is 31.1 Å². The highest BCUT2D eigenvalue weighted by atomic mass is 15.3. The highest BCUT2D eigenvalue weighted by Crippen LogP contribution is 1.92. The molecule has 0 heterocycles. The van der Waals surface area contributed by atoms with Gasteiger partial charge in [0, 0.05) is 12.9 Å². The van der Waals surface area contributed by atoms with Gasteiger partial charge in [-0.1, -0.05) is 50.5 Å². The molecule has 0 amide bonds. The van der Waals surface area contributed by atoms with Crippen LogP contribution in [0.15, 0.2) is 41.2 Å². The summed E-state index contributed by atoms with van der Waals surface area (Å²) in [5, 5.41) is 3.44. The van der Waals surface area contributed by atoms with Gasteiger partial charge in [-0.25, -0.2) is 0 Å². The van der Waals surface area contributed by atoms with Crippen molar-refractivity contribution in [2.24, 2.45) is 5.10 Å². The number of nitrogens with one attached hydrogen (secondary N) is 1. The fourth-order valence-corrected chi connectivity index (χ4v) is 0.455. The van der Waals surface area contributed by atoms with E-state index in [1.165, 1.54) is 18.4 Å². The minimum Gasteiger partial charge on any atom is -0.286 e. The molecule has 2 heteroatoms. The molecule has 0 unspecified atom stereocenters. The molecule has 0 saturated heterocycles. The van der Waals surface area contributed by atoms with Gasteiger partial charge in [-0.2, -0.15) is 5.10 Å². The SMILES string of the molecule is C=NN/C=C/C=C\C(C)=C/C.CCCC. The summed E-state index contributed by atoms with van der Waals surface area (Å²) in [6.07, 6.45) is 12.2. The Labute approximate surface area is 94.5 Å². The first kappa shape index (κ1) is 16.1. The molecular formula is C13H24N2. The molecule has 0 bridgehead atoms. The van der Waals surface area contributed by atoms with E-state index in [0.29, 0.717) is 0 Å². The molecule has 0 aliphatic heterocycles. The maximum atomic E-state index is 3.44. The monoisotopic (exact) mass is 208 g/mol. The van der Waals surface area contributed by atoms with Crippen LogP contribution < -0.4 is 5.43 Å². The van der Waals surface area contributed by atoms with E-state index in [0.717, 1.165) is 0 Å². The summed E-state index contributed by atoms with van der Waals surface area (Å²) >= 11 is 0. The summed E-state index contributed by atoms with van der Waals surface area (Å²) < 4.78 is 0. The molecule has 1 N–H and O–H groups in total. The van der Waals surface area contributed by atoms with Crippen LogP contribution >= 0.6 is 0 Å². The number of hydrogen-bond acceptors (Lipinski definition) is 2. The van der Waals surface area contributed by atoms with Crippen LogP contribution in [0.3, 0.4) is 0 Å². The zero-order valence-electron chi connectivity index (χ0n) is 10.5. The molecule has 2 nitrogen and oxygen atoms in total. The minimum atomic E-state index is 1.24. The van der Waals surface area contributed by atoms with Crippen molar-refractivity contribution < 1.29 is 0 Å². The second-order valence-electron chi connectivity index (χ2n) is 3.04. The molecule has 0 aliphatic carbocycles. The molecule has 0 radical (unpaired) electrons. The Morgan fingerprint density at radius 2 is 1.87 bits per heavy atom. The molecule has 0 aliphatic rings. The number of hydrogen-bond donors (Lipinski definition) is 1. The molecule has 86 valence electrons. The van der Waals surface area contributed by atoms with Crippen LogP contribution in [0.2, 0.25) is 0 Å². The molecular weight excluding hydrogens is 184 g/mol. The van der Waals surface area contributed by atoms with E-state index in [1.807, 2.05) is 38.2 Å². The first-order chi connectivity index (χ1) is 7.22. The van der Waals surface area contributed by atoms with Gasteiger partial charge in [0.1, 0.15) is 0 Å². The van der Waals surface area contributed by atoms with Crippen LogP contribution in [0, 0.1) is 0 Å². The van der Waals surface area contributed by atoms with Crippen molar-refractivity contribution in [2.45, 2.75) is 40.5 Å². The topological polar surface area (TPSA) is 24.4 Å². The highest BCUT2D eigenvalue weighted by Gasteiger charge is 1.72. The number of unbranched alkanes of at least 4 members (excludes halogenated alkanes) is 1. The van der Waals surface area contributed by atoms with Gasteiger partial charge >= 0.3 is 0 Å². The van der Waals surface area contributed by atoms with Gasteiger partial charge in [-0.05, 0) is 19.9 Å². The Balaban J connectivity index is 0. The number of nitrogens with zero attached hydrogens (tertiary/aromatic N) is 1. The fourth-order valence-electron chi connectivity index (χ4n) is 0.455. The summed E-state index contributed by atoms with van der Waals surface area (Å²) in [6.45, 7) is 11.7. The zero-order chi connectivity index (χ0) is 11.9. The van der Waals surface area contributed by atoms with E-state index in [1.54, 1.807) is 6.20 Å². The summed E-state index contributed by atoms with van der Waals surface area (Å²) in [5.74, 6) is 0. The molecule has 0 atom stereocenters. The predicted molar refractivity (Wildman–Crippen MR) is 71.0 cm³/mol. The third kappa shape index (κ3) is 19.2. The van der Waals surface area contributed by atoms with Crippen molar-refractivity contribution in [1.29, 1.82) is 0 Å². The number of hydrazone groups is 1. The van der Waals surface area contributed by atoms with Gasteiger partial charge < -0.3 is 0 Å². The van der Waals surface area contributed by atoms with Crippen molar-refractivity contribution in [3.8, 4) is 0 Å². The fraction of sp³-hybridized carbons (Fsp3) is 0.462. The highest BCUT2D eigenvalue weighted by molar-refractivity contribution is 5.23. The van der Waals surface area contributed by atoms with E-state index in [4.69, 9.17) is 0 Å². The van der Waals surface area contributed by atoms with Gasteiger partial charge in [0.05, 0.1) is 0 Å². The first-order valence-corrected chi connectivity index (χ1v) is 5.40. The van der Waals surface area contributed by atoms with Crippen LogP contribution in [0.1, 0.15) is 40.5 Å². The van der Waals surface area contributed by atoms with Crippen LogP contribution in [0.25, 0.3) is 0 Å². The quantitative estimate of drug-likeness (QED) is 0.411. The van der Waals surface area contributed by atoms with Crippen molar-refractivity contribution in [1.82, 2.24) is 5.43 Å². The standard InChI is InChI=1S/C9H14N2.C4H10/c1-4-9(2)7-5-6-8-11-10-3;1-3-4-2/h4-8,11H,3H2,1-2H3;3-4H2,1-2H3/b7-5-,8-6+,9-4-;. The van der Waals surface area contributed by atoms with Crippen LogP contribution in [0.4, 0.5) is 0 Å². The van der Waals surface area contributed by atoms with Gasteiger partial charge in [0.15, 0.2) is 0 Å². The molecule has 0 spiro atoms. The Morgan fingerprint density at radius 3 is 2.27 bits per heavy atom. The third-order valence-corrected chi connectivity index (χ3v) is 1.69. The summed E-state index contributed by atoms with van der Waals surface area (Å²) in [4.78, 5) is 0. The summed E-state index contributed by atoms with van der Waals surface area (Å²) in [5.41, 5.74) is 3.84. The lowest BCUT2D eigenvalue weighted by molar-refractivity contribution is 0.886. The van der Waals surface area contributed by atoms with E-state index < -0.39 is 0 Å². The largest absolute Gasteiger partial charge is 0.286 e. The van der Waals surface area contributed by atoms with Crippen LogP contribution in [-0.4, -0.2) is 6.72 Å². The van der Waals surface area contributed by atoms with E-state index >= 15 is 0 Å². The maximum absolute atomic E-state index is 3.44. The van der Waals surface area contributed by atoms with Gasteiger partial charge in [0.2, 0.25) is 0 Å². The van der Waals surface area contributed by atoms with Crippen molar-refractivity contribution in [2.75, 3.05) is 0 Å². The lowest BCUT2D eigenvalue weighted by atomic mass is 10.3. The Hall–Kier alpha value is -1.31. The van der Waals surface area contributed by atoms with Gasteiger partial charge in [-0.3, -0.25) is 5.43 Å². The average Bonchev–Trinajstić information content (AvgIpc) is 2.28. The molecule has 0 saturated carbocycles. The molecule has 0 rings (SSSR count). The zero-order valence-corrected chi connectivity index (χ0v) is 10.5. The molecule has 0 aromatic carbocycles. The number of rotatable bonds is 5. The lowest BCUT2D eigenvalue weighted by Gasteiger charge is -1.85. The molecule has 15 heavy (non-hydrogen) atoms. The van der Waals surface area contributed by atoms with Crippen LogP contribution in [0.5, 0.6) is 0 Å². The Morgan fingerprint density at radius 1 is 1.27 bits per heavy atom. The second-order valence-corrected chi connectivity index (χ2v) is 3.04. The van der Waals surface area contributed by atoms with E-state index in [-0.39, 0.29) is 0 Å². The van der Waals surface area contributed by atoms with Gasteiger partial charge in [-0.15, -0.1) is 0 Å². The first-order valence-electron chi connectivity index (χ1n) is 5.40. The Kier molecular flexibility index (Phi) is 16.3. The van der Waals surface area contributed by atoms with Crippen molar-refractivity contribution in [3.05, 3.63) is 36.1 Å². The normalized spacial score (nSPS) is 11.3. The smallest absolute Gasteiger partial charge is 0.0199 e. The molecule has 0 fully saturated rings. The molecule has 0 aromatic rings. The summed E-state index contributed by atoms with van der Waals surface area (Å²) in [6, 6.07) is 0. The summed E-state index contributed by atoms with van der Waals surface area (Å²) in [7, 11) is 0. The van der Waals surface area contributed by atoms with Crippen molar-refractivity contribution in [3.63, 3.8) is 0 Å². The van der Waals surface area contributed by atoms with E-state index in [9.17, 15) is 0 Å². The average molecular weight is 208 g/mol. The molecule has 0 aromatic heterocycles. The second kappa shape index (κ2) is 15.2. The van der Waals surface area contributed by atoms with Gasteiger partial charge in [0.25, 0.3) is 0 Å². The predicted octanol–water partition coefficient (Wildman–Crippen LogP) is 4.03. The Bertz CT molecular complexity index is 211. The number of allylic oxidation sites excluding steroid dienone is 5. The third-order valence-electron chi connectivity index (χ3n) is 1.69. The van der Waals surface area contributed by atoms with Crippen molar-refractivity contribution >= 4 is 6.72 Å². The van der Waals surface area contributed by atoms with Crippen LogP contribution in [-0.2, 0) is 0 Å².